The van der Waals surface area contributed by atoms with Crippen LogP contribution in [0.1, 0.15) is 25.6 Å². The summed E-state index contributed by atoms with van der Waals surface area (Å²) in [6.45, 7) is 5.93. The zero-order valence-electron chi connectivity index (χ0n) is 13.8. The molecule has 0 fully saturated rings. The normalized spacial score (nSPS) is 12.3. The van der Waals surface area contributed by atoms with Gasteiger partial charge in [0, 0.05) is 18.8 Å². The Labute approximate surface area is 139 Å². The molecule has 2 N–H and O–H groups in total. The molecule has 130 valence electrons. The molecule has 0 aliphatic heterocycles. The first-order valence-electron chi connectivity index (χ1n) is 7.89. The Hall–Kier alpha value is -2.61. The highest BCUT2D eigenvalue weighted by Crippen LogP contribution is 2.20. The highest BCUT2D eigenvalue weighted by atomic mass is 16.3. The van der Waals surface area contributed by atoms with Crippen LogP contribution in [0.15, 0.2) is 44.7 Å². The number of hydrogen-bond donors (Lipinski definition) is 2. The second kappa shape index (κ2) is 8.30. The average molecular weight is 334 g/mol. The Balaban J connectivity index is 2.02. The Bertz CT molecular complexity index is 759. The van der Waals surface area contributed by atoms with Gasteiger partial charge in [-0.3, -0.25) is 24.0 Å². The molecule has 0 saturated carbocycles. The number of H-pyrrole nitrogens is 1. The van der Waals surface area contributed by atoms with Crippen molar-refractivity contribution >= 4 is 5.91 Å². The van der Waals surface area contributed by atoms with E-state index in [2.05, 4.69) is 15.2 Å². The lowest BCUT2D eigenvalue weighted by molar-refractivity contribution is -0.122. The monoisotopic (exact) mass is 334 g/mol. The van der Waals surface area contributed by atoms with Gasteiger partial charge >= 0.3 is 5.69 Å². The predicted molar refractivity (Wildman–Crippen MR) is 88.7 cm³/mol. The fourth-order valence-electron chi connectivity index (χ4n) is 2.54. The maximum atomic E-state index is 12.1. The number of likely N-dealkylation sites (N-methyl/N-ethyl adjacent to an activating group) is 1. The molecular weight excluding hydrogens is 312 g/mol. The van der Waals surface area contributed by atoms with E-state index in [0.29, 0.717) is 6.54 Å². The Kier molecular flexibility index (Phi) is 6.14. The molecule has 0 radical (unpaired) electrons. The molecule has 2 aromatic heterocycles. The summed E-state index contributed by atoms with van der Waals surface area (Å²) in [7, 11) is 0. The minimum atomic E-state index is -0.607. The highest BCUT2D eigenvalue weighted by Gasteiger charge is 2.21. The summed E-state index contributed by atoms with van der Waals surface area (Å²) in [5.41, 5.74) is -1.10. The van der Waals surface area contributed by atoms with Gasteiger partial charge in [-0.1, -0.05) is 13.8 Å². The quantitative estimate of drug-likeness (QED) is 0.724. The van der Waals surface area contributed by atoms with Gasteiger partial charge in [0.1, 0.15) is 12.3 Å². The van der Waals surface area contributed by atoms with Gasteiger partial charge in [0.05, 0.1) is 12.3 Å². The van der Waals surface area contributed by atoms with Gasteiger partial charge in [-0.15, -0.1) is 0 Å². The lowest BCUT2D eigenvalue weighted by Gasteiger charge is -2.28. The van der Waals surface area contributed by atoms with Crippen molar-refractivity contribution in [2.75, 3.05) is 19.6 Å². The molecule has 0 aliphatic carbocycles. The number of hydrogen-bond acceptors (Lipinski definition) is 5. The molecule has 24 heavy (non-hydrogen) atoms. The molecule has 2 aromatic rings. The standard InChI is InChI=1S/C16H22N4O4/c1-3-19(4-2)12(13-6-5-9-24-13)10-17-15(22)11-20-8-7-14(21)18-16(20)23/h5-9,12H,3-4,10-11H2,1-2H3,(H,17,22)(H,18,21,23). The van der Waals surface area contributed by atoms with Crippen LogP contribution >= 0.6 is 0 Å². The number of nitrogens with one attached hydrogen (secondary N) is 2. The molecule has 0 bridgehead atoms. The molecule has 8 heteroatoms. The second-order valence-corrected chi connectivity index (χ2v) is 5.29. The largest absolute Gasteiger partial charge is 0.468 e. The molecule has 8 nitrogen and oxygen atoms in total. The van der Waals surface area contributed by atoms with E-state index in [0.717, 1.165) is 23.4 Å². The number of aromatic amines is 1. The van der Waals surface area contributed by atoms with Crippen LogP contribution in [-0.2, 0) is 11.3 Å². The molecule has 1 unspecified atom stereocenters. The van der Waals surface area contributed by atoms with E-state index in [1.54, 1.807) is 6.26 Å². The van der Waals surface area contributed by atoms with Gasteiger partial charge < -0.3 is 9.73 Å². The Morgan fingerprint density at radius 2 is 2.08 bits per heavy atom. The van der Waals surface area contributed by atoms with Gasteiger partial charge in [-0.2, -0.15) is 0 Å². The molecule has 2 heterocycles. The van der Waals surface area contributed by atoms with Crippen molar-refractivity contribution in [2.24, 2.45) is 0 Å². The number of amides is 1. The summed E-state index contributed by atoms with van der Waals surface area (Å²) in [5.74, 6) is 0.466. The van der Waals surface area contributed by atoms with Gasteiger partial charge in [0.25, 0.3) is 5.56 Å². The van der Waals surface area contributed by atoms with E-state index < -0.39 is 11.2 Å². The first-order valence-corrected chi connectivity index (χ1v) is 7.89. The second-order valence-electron chi connectivity index (χ2n) is 5.29. The lowest BCUT2D eigenvalue weighted by atomic mass is 10.2. The number of nitrogens with zero attached hydrogens (tertiary/aromatic N) is 2. The van der Waals surface area contributed by atoms with Crippen LogP contribution in [0.2, 0.25) is 0 Å². The van der Waals surface area contributed by atoms with Crippen molar-refractivity contribution in [1.82, 2.24) is 19.8 Å². The van der Waals surface area contributed by atoms with Crippen molar-refractivity contribution in [3.8, 4) is 0 Å². The third-order valence-corrected chi connectivity index (χ3v) is 3.83. The smallest absolute Gasteiger partial charge is 0.328 e. The minimum Gasteiger partial charge on any atom is -0.468 e. The molecule has 0 spiro atoms. The third-order valence-electron chi connectivity index (χ3n) is 3.83. The molecule has 0 aromatic carbocycles. The van der Waals surface area contributed by atoms with E-state index in [1.165, 1.54) is 12.3 Å². The number of furan rings is 1. The van der Waals surface area contributed by atoms with Crippen LogP contribution in [0.4, 0.5) is 0 Å². The molecule has 1 atom stereocenters. The summed E-state index contributed by atoms with van der Waals surface area (Å²) in [6.07, 6.45) is 2.91. The first-order chi connectivity index (χ1) is 11.5. The van der Waals surface area contributed by atoms with Crippen molar-refractivity contribution in [3.63, 3.8) is 0 Å². The van der Waals surface area contributed by atoms with E-state index >= 15 is 0 Å². The Morgan fingerprint density at radius 1 is 1.33 bits per heavy atom. The van der Waals surface area contributed by atoms with E-state index in [4.69, 9.17) is 4.42 Å². The summed E-state index contributed by atoms with van der Waals surface area (Å²) in [5, 5.41) is 2.82. The summed E-state index contributed by atoms with van der Waals surface area (Å²) in [6, 6.07) is 4.82. The zero-order chi connectivity index (χ0) is 17.5. The van der Waals surface area contributed by atoms with Crippen LogP contribution in [0, 0.1) is 0 Å². The van der Waals surface area contributed by atoms with Crippen LogP contribution in [-0.4, -0.2) is 40.0 Å². The maximum Gasteiger partial charge on any atom is 0.328 e. The van der Waals surface area contributed by atoms with Gasteiger partial charge in [-0.05, 0) is 25.2 Å². The van der Waals surface area contributed by atoms with Gasteiger partial charge in [0.15, 0.2) is 0 Å². The summed E-state index contributed by atoms with van der Waals surface area (Å²) >= 11 is 0. The number of carbonyl (C=O) groups excluding carboxylic acids is 1. The van der Waals surface area contributed by atoms with Crippen LogP contribution in [0.5, 0.6) is 0 Å². The van der Waals surface area contributed by atoms with E-state index in [1.807, 2.05) is 26.0 Å². The fraction of sp³-hybridized carbons (Fsp3) is 0.438. The van der Waals surface area contributed by atoms with Crippen LogP contribution < -0.4 is 16.6 Å². The minimum absolute atomic E-state index is 0.0775. The Morgan fingerprint density at radius 3 is 2.67 bits per heavy atom. The lowest BCUT2D eigenvalue weighted by Crippen LogP contribution is -2.40. The predicted octanol–water partition coefficient (Wildman–Crippen LogP) is 0.329. The number of carbonyl (C=O) groups is 1. The number of rotatable bonds is 8. The molecule has 0 saturated heterocycles. The topological polar surface area (TPSA) is 100 Å². The molecular formula is C16H22N4O4. The SMILES string of the molecule is CCN(CC)C(CNC(=O)Cn1ccc(=O)[nH]c1=O)c1ccco1. The van der Waals surface area contributed by atoms with E-state index in [9.17, 15) is 14.4 Å². The fourth-order valence-corrected chi connectivity index (χ4v) is 2.54. The van der Waals surface area contributed by atoms with Crippen LogP contribution in [0.25, 0.3) is 0 Å². The van der Waals surface area contributed by atoms with Gasteiger partial charge in [-0.25, -0.2) is 4.79 Å². The zero-order valence-corrected chi connectivity index (χ0v) is 13.8. The van der Waals surface area contributed by atoms with Crippen molar-refractivity contribution in [2.45, 2.75) is 26.4 Å². The first kappa shape index (κ1) is 17.7. The molecule has 2 rings (SSSR count). The summed E-state index contributed by atoms with van der Waals surface area (Å²) in [4.78, 5) is 39.0. The number of aromatic nitrogens is 2. The third kappa shape index (κ3) is 4.45. The van der Waals surface area contributed by atoms with E-state index in [-0.39, 0.29) is 18.5 Å². The van der Waals surface area contributed by atoms with Gasteiger partial charge in [0.2, 0.25) is 5.91 Å². The van der Waals surface area contributed by atoms with Crippen molar-refractivity contribution < 1.29 is 9.21 Å². The highest BCUT2D eigenvalue weighted by molar-refractivity contribution is 5.75. The average Bonchev–Trinajstić information content (AvgIpc) is 3.08. The maximum absolute atomic E-state index is 12.1. The molecule has 1 amide bonds. The molecule has 0 aliphatic rings. The van der Waals surface area contributed by atoms with Crippen LogP contribution in [0.3, 0.4) is 0 Å². The van der Waals surface area contributed by atoms with Crippen molar-refractivity contribution in [3.05, 3.63) is 57.3 Å². The van der Waals surface area contributed by atoms with Crippen molar-refractivity contribution in [1.29, 1.82) is 0 Å². The summed E-state index contributed by atoms with van der Waals surface area (Å²) < 4.78 is 6.62.